The van der Waals surface area contributed by atoms with Crippen LogP contribution in [0, 0.1) is 0 Å². The topological polar surface area (TPSA) is 49.8 Å². The van der Waals surface area contributed by atoms with Crippen LogP contribution in [0.5, 0.6) is 0 Å². The lowest BCUT2D eigenvalue weighted by Crippen LogP contribution is -2.11. The van der Waals surface area contributed by atoms with Crippen molar-refractivity contribution in [2.75, 3.05) is 10.9 Å². The van der Waals surface area contributed by atoms with Crippen LogP contribution >= 0.6 is 31.9 Å². The van der Waals surface area contributed by atoms with Crippen LogP contribution in [-0.4, -0.2) is 9.97 Å². The second kappa shape index (κ2) is 5.27. The van der Waals surface area contributed by atoms with Crippen molar-refractivity contribution in [1.29, 1.82) is 0 Å². The Balaban J connectivity index is 2.02. The molecule has 0 aliphatic heterocycles. The Morgan fingerprint density at radius 2 is 1.19 bits per heavy atom. The van der Waals surface area contributed by atoms with E-state index in [1.54, 1.807) is 0 Å². The van der Waals surface area contributed by atoms with Crippen molar-refractivity contribution in [1.82, 2.24) is 9.97 Å². The summed E-state index contributed by atoms with van der Waals surface area (Å²) in [6, 6.07) is 11.2. The number of aromatic nitrogens is 2. The Bertz CT molecular complexity index is 444. The van der Waals surface area contributed by atoms with Gasteiger partial charge in [0.15, 0.2) is 0 Å². The number of hydrazine groups is 1. The van der Waals surface area contributed by atoms with Crippen LogP contribution in [0.3, 0.4) is 0 Å². The largest absolute Gasteiger partial charge is 0.283 e. The van der Waals surface area contributed by atoms with Gasteiger partial charge in [0.25, 0.3) is 0 Å². The van der Waals surface area contributed by atoms with Gasteiger partial charge in [-0.1, -0.05) is 12.1 Å². The van der Waals surface area contributed by atoms with Crippen LogP contribution in [0.25, 0.3) is 0 Å². The molecule has 0 amide bonds. The third-order valence-electron chi connectivity index (χ3n) is 1.75. The third-order valence-corrected chi connectivity index (χ3v) is 2.63. The fraction of sp³-hybridized carbons (Fsp3) is 0. The first-order chi connectivity index (χ1) is 7.74. The molecule has 0 bridgehead atoms. The molecule has 0 aromatic carbocycles. The van der Waals surface area contributed by atoms with E-state index in [-0.39, 0.29) is 0 Å². The van der Waals surface area contributed by atoms with Crippen molar-refractivity contribution in [3.8, 4) is 0 Å². The molecule has 0 radical (unpaired) electrons. The fourth-order valence-electron chi connectivity index (χ4n) is 1.08. The van der Waals surface area contributed by atoms with E-state index in [1.807, 2.05) is 36.4 Å². The molecule has 0 spiro atoms. The van der Waals surface area contributed by atoms with Gasteiger partial charge >= 0.3 is 0 Å². The summed E-state index contributed by atoms with van der Waals surface area (Å²) in [6.45, 7) is 0. The molecule has 82 valence electrons. The Hall–Kier alpha value is -1.14. The van der Waals surface area contributed by atoms with Gasteiger partial charge in [-0.15, -0.1) is 0 Å². The maximum Gasteiger partial charge on any atom is 0.145 e. The summed E-state index contributed by atoms with van der Waals surface area (Å²) in [7, 11) is 0. The number of nitrogens with zero attached hydrogens (tertiary/aromatic N) is 2. The highest BCUT2D eigenvalue weighted by Crippen LogP contribution is 2.12. The minimum Gasteiger partial charge on any atom is -0.283 e. The van der Waals surface area contributed by atoms with Gasteiger partial charge in [0.1, 0.15) is 20.8 Å². The smallest absolute Gasteiger partial charge is 0.145 e. The summed E-state index contributed by atoms with van der Waals surface area (Å²) in [5.41, 5.74) is 5.91. The first-order valence-corrected chi connectivity index (χ1v) is 6.10. The first-order valence-electron chi connectivity index (χ1n) is 4.51. The van der Waals surface area contributed by atoms with Gasteiger partial charge in [-0.05, 0) is 56.1 Å². The molecule has 0 unspecified atom stereocenters. The van der Waals surface area contributed by atoms with Crippen LogP contribution in [-0.2, 0) is 0 Å². The van der Waals surface area contributed by atoms with E-state index >= 15 is 0 Å². The van der Waals surface area contributed by atoms with Crippen molar-refractivity contribution in [2.45, 2.75) is 0 Å². The van der Waals surface area contributed by atoms with Crippen molar-refractivity contribution in [2.24, 2.45) is 0 Å². The maximum atomic E-state index is 4.21. The van der Waals surface area contributed by atoms with Crippen LogP contribution in [0.15, 0.2) is 45.6 Å². The lowest BCUT2D eigenvalue weighted by Gasteiger charge is -2.08. The van der Waals surface area contributed by atoms with E-state index in [0.29, 0.717) is 0 Å². The molecule has 2 N–H and O–H groups in total. The van der Waals surface area contributed by atoms with Crippen LogP contribution in [0.2, 0.25) is 0 Å². The molecule has 4 nitrogen and oxygen atoms in total. The highest BCUT2D eigenvalue weighted by Gasteiger charge is 1.96. The molecule has 0 saturated carbocycles. The second-order valence-electron chi connectivity index (χ2n) is 2.94. The Labute approximate surface area is 110 Å². The second-order valence-corrected chi connectivity index (χ2v) is 4.57. The van der Waals surface area contributed by atoms with E-state index in [1.165, 1.54) is 0 Å². The molecule has 2 rings (SSSR count). The molecule has 0 saturated heterocycles. The molecule has 2 aromatic rings. The SMILES string of the molecule is Brc1cccc(NNc2cccc(Br)n2)n1. The predicted molar refractivity (Wildman–Crippen MR) is 71.1 cm³/mol. The van der Waals surface area contributed by atoms with Gasteiger partial charge in [-0.25, -0.2) is 9.97 Å². The highest BCUT2D eigenvalue weighted by molar-refractivity contribution is 9.10. The molecule has 0 fully saturated rings. The molecule has 0 aliphatic carbocycles. The maximum absolute atomic E-state index is 4.21. The lowest BCUT2D eigenvalue weighted by molar-refractivity contribution is 1.19. The summed E-state index contributed by atoms with van der Waals surface area (Å²) in [5.74, 6) is 1.44. The summed E-state index contributed by atoms with van der Waals surface area (Å²) in [5, 5.41) is 0. The molecule has 2 aromatic heterocycles. The molecule has 2 heterocycles. The number of hydrogen-bond acceptors (Lipinski definition) is 4. The van der Waals surface area contributed by atoms with Gasteiger partial charge in [0.2, 0.25) is 0 Å². The predicted octanol–water partition coefficient (Wildman–Crippen LogP) is 3.44. The zero-order valence-corrected chi connectivity index (χ0v) is 11.3. The molecular formula is C10H8Br2N4. The molecular weight excluding hydrogens is 336 g/mol. The van der Waals surface area contributed by atoms with Crippen LogP contribution in [0.4, 0.5) is 11.6 Å². The van der Waals surface area contributed by atoms with E-state index in [9.17, 15) is 0 Å². The zero-order chi connectivity index (χ0) is 11.4. The normalized spacial score (nSPS) is 9.88. The van der Waals surface area contributed by atoms with Gasteiger partial charge in [0, 0.05) is 0 Å². The van der Waals surface area contributed by atoms with Gasteiger partial charge in [-0.3, -0.25) is 10.9 Å². The Morgan fingerprint density at radius 3 is 1.56 bits per heavy atom. The van der Waals surface area contributed by atoms with E-state index in [2.05, 4.69) is 52.7 Å². The van der Waals surface area contributed by atoms with Crippen LogP contribution < -0.4 is 10.9 Å². The fourth-order valence-corrected chi connectivity index (χ4v) is 1.77. The number of anilines is 2. The van der Waals surface area contributed by atoms with Gasteiger partial charge < -0.3 is 0 Å². The molecule has 0 atom stereocenters. The summed E-state index contributed by atoms with van der Waals surface area (Å²) in [4.78, 5) is 8.43. The number of halogens is 2. The van der Waals surface area contributed by atoms with Crippen molar-refractivity contribution >= 4 is 43.5 Å². The van der Waals surface area contributed by atoms with Crippen molar-refractivity contribution in [3.05, 3.63) is 45.6 Å². The Morgan fingerprint density at radius 1 is 0.750 bits per heavy atom. The van der Waals surface area contributed by atoms with E-state index in [4.69, 9.17) is 0 Å². The lowest BCUT2D eigenvalue weighted by atomic mass is 10.5. The minimum absolute atomic E-state index is 0.719. The average Bonchev–Trinajstić information content (AvgIpc) is 2.27. The quantitative estimate of drug-likeness (QED) is 0.662. The highest BCUT2D eigenvalue weighted by atomic mass is 79.9. The third kappa shape index (κ3) is 3.18. The van der Waals surface area contributed by atoms with Gasteiger partial charge in [-0.2, -0.15) is 0 Å². The number of hydrogen-bond donors (Lipinski definition) is 2. The average molecular weight is 344 g/mol. The monoisotopic (exact) mass is 342 g/mol. The number of nitrogens with one attached hydrogen (secondary N) is 2. The van der Waals surface area contributed by atoms with Crippen molar-refractivity contribution < 1.29 is 0 Å². The summed E-state index contributed by atoms with van der Waals surface area (Å²) < 4.78 is 1.56. The first kappa shape index (κ1) is 11.3. The number of pyridine rings is 2. The Kier molecular flexibility index (Phi) is 3.74. The van der Waals surface area contributed by atoms with E-state index in [0.717, 1.165) is 20.8 Å². The van der Waals surface area contributed by atoms with Gasteiger partial charge in [0.05, 0.1) is 0 Å². The summed E-state index contributed by atoms with van der Waals surface area (Å²) >= 11 is 6.60. The minimum atomic E-state index is 0.719. The number of rotatable bonds is 3. The van der Waals surface area contributed by atoms with Crippen molar-refractivity contribution in [3.63, 3.8) is 0 Å². The molecule has 0 aliphatic rings. The van der Waals surface area contributed by atoms with Crippen LogP contribution in [0.1, 0.15) is 0 Å². The molecule has 16 heavy (non-hydrogen) atoms. The summed E-state index contributed by atoms with van der Waals surface area (Å²) in [6.07, 6.45) is 0. The zero-order valence-electron chi connectivity index (χ0n) is 8.11. The van der Waals surface area contributed by atoms with E-state index < -0.39 is 0 Å². The standard InChI is InChI=1S/C10H8Br2N4/c11-7-3-1-5-9(13-7)15-16-10-6-2-4-8(12)14-10/h1-6H,(H,13,15)(H,14,16). The molecule has 6 heteroatoms.